The van der Waals surface area contributed by atoms with Crippen molar-refractivity contribution in [2.75, 3.05) is 13.2 Å². The largest absolute Gasteiger partial charge is 0.381 e. The van der Waals surface area contributed by atoms with E-state index in [0.29, 0.717) is 11.5 Å². The lowest BCUT2D eigenvalue weighted by molar-refractivity contribution is 0.0617. The van der Waals surface area contributed by atoms with Crippen LogP contribution < -0.4 is 5.73 Å². The van der Waals surface area contributed by atoms with Crippen molar-refractivity contribution in [2.24, 2.45) is 11.7 Å². The Morgan fingerprint density at radius 2 is 2.00 bits per heavy atom. The molecule has 2 nitrogen and oxygen atoms in total. The number of benzene rings is 1. The first kappa shape index (κ1) is 12.5. The molecule has 2 rings (SSSR count). The van der Waals surface area contributed by atoms with Crippen molar-refractivity contribution >= 4 is 0 Å². The molecule has 1 atom stereocenters. The Hall–Kier alpha value is -1.00. The zero-order valence-corrected chi connectivity index (χ0v) is 9.66. The first-order valence-electron chi connectivity index (χ1n) is 5.95. The van der Waals surface area contributed by atoms with E-state index in [1.165, 1.54) is 12.1 Å². The third-order valence-corrected chi connectivity index (χ3v) is 3.29. The molecular weight excluding hydrogens is 224 g/mol. The predicted octanol–water partition coefficient (Wildman–Crippen LogP) is 2.78. The van der Waals surface area contributed by atoms with Gasteiger partial charge in [0.15, 0.2) is 0 Å². The lowest BCUT2D eigenvalue weighted by Gasteiger charge is -2.25. The molecule has 0 saturated carbocycles. The van der Waals surface area contributed by atoms with Crippen LogP contribution in [0.1, 0.15) is 30.9 Å². The van der Waals surface area contributed by atoms with Crippen molar-refractivity contribution in [2.45, 2.75) is 25.3 Å². The normalized spacial score (nSPS) is 19.2. The highest BCUT2D eigenvalue weighted by atomic mass is 19.1. The van der Waals surface area contributed by atoms with E-state index in [2.05, 4.69) is 0 Å². The van der Waals surface area contributed by atoms with E-state index < -0.39 is 11.6 Å². The second-order valence-corrected chi connectivity index (χ2v) is 4.56. The summed E-state index contributed by atoms with van der Waals surface area (Å²) in [6, 6.07) is 3.22. The fraction of sp³-hybridized carbons (Fsp3) is 0.538. The summed E-state index contributed by atoms with van der Waals surface area (Å²) in [6.45, 7) is 1.51. The Morgan fingerprint density at radius 1 is 1.29 bits per heavy atom. The van der Waals surface area contributed by atoms with Gasteiger partial charge in [0.1, 0.15) is 11.6 Å². The molecule has 1 fully saturated rings. The van der Waals surface area contributed by atoms with Gasteiger partial charge in [0.05, 0.1) is 0 Å². The third kappa shape index (κ3) is 3.23. The van der Waals surface area contributed by atoms with Crippen LogP contribution in [-0.4, -0.2) is 13.2 Å². The van der Waals surface area contributed by atoms with Gasteiger partial charge in [-0.25, -0.2) is 8.78 Å². The van der Waals surface area contributed by atoms with Crippen LogP contribution in [0.3, 0.4) is 0 Å². The molecule has 2 N–H and O–H groups in total. The molecular formula is C13H17F2NO. The van der Waals surface area contributed by atoms with Crippen molar-refractivity contribution in [3.63, 3.8) is 0 Å². The molecule has 0 bridgehead atoms. The van der Waals surface area contributed by atoms with Gasteiger partial charge in [-0.15, -0.1) is 0 Å². The van der Waals surface area contributed by atoms with E-state index in [1.807, 2.05) is 0 Å². The average Bonchev–Trinajstić information content (AvgIpc) is 2.30. The Morgan fingerprint density at radius 3 is 2.65 bits per heavy atom. The molecule has 1 aromatic rings. The van der Waals surface area contributed by atoms with E-state index in [0.717, 1.165) is 38.5 Å². The van der Waals surface area contributed by atoms with Crippen LogP contribution in [-0.2, 0) is 4.74 Å². The van der Waals surface area contributed by atoms with Crippen molar-refractivity contribution in [3.8, 4) is 0 Å². The molecule has 1 heterocycles. The zero-order chi connectivity index (χ0) is 12.3. The Bertz CT molecular complexity index is 378. The van der Waals surface area contributed by atoms with E-state index in [9.17, 15) is 8.78 Å². The molecule has 94 valence electrons. The van der Waals surface area contributed by atoms with E-state index in [4.69, 9.17) is 10.5 Å². The van der Waals surface area contributed by atoms with Crippen molar-refractivity contribution in [3.05, 3.63) is 35.4 Å². The third-order valence-electron chi connectivity index (χ3n) is 3.29. The van der Waals surface area contributed by atoms with E-state index >= 15 is 0 Å². The number of rotatable bonds is 3. The highest BCUT2D eigenvalue weighted by Crippen LogP contribution is 2.27. The fourth-order valence-corrected chi connectivity index (χ4v) is 2.27. The smallest absolute Gasteiger partial charge is 0.130 e. The molecule has 0 spiro atoms. The molecule has 1 saturated heterocycles. The van der Waals surface area contributed by atoms with Crippen LogP contribution in [0.25, 0.3) is 0 Å². The summed E-state index contributed by atoms with van der Waals surface area (Å²) in [5.74, 6) is -0.641. The highest BCUT2D eigenvalue weighted by molar-refractivity contribution is 5.21. The fourth-order valence-electron chi connectivity index (χ4n) is 2.27. The topological polar surface area (TPSA) is 35.2 Å². The second kappa shape index (κ2) is 5.56. The van der Waals surface area contributed by atoms with Crippen molar-refractivity contribution < 1.29 is 13.5 Å². The number of hydrogen-bond donors (Lipinski definition) is 1. The Kier molecular flexibility index (Phi) is 4.07. The standard InChI is InChI=1S/C13H17F2NO/c14-10-1-2-11(12(15)8-10)13(16)7-9-3-5-17-6-4-9/h1-2,8-9,13H,3-7,16H2. The van der Waals surface area contributed by atoms with Gasteiger partial charge < -0.3 is 10.5 Å². The van der Waals surface area contributed by atoms with Crippen LogP contribution in [0.4, 0.5) is 8.78 Å². The second-order valence-electron chi connectivity index (χ2n) is 4.56. The van der Waals surface area contributed by atoms with Gasteiger partial charge in [-0.1, -0.05) is 6.07 Å². The van der Waals surface area contributed by atoms with Crippen LogP contribution in [0, 0.1) is 17.6 Å². The molecule has 0 amide bonds. The Balaban J connectivity index is 2.00. The van der Waals surface area contributed by atoms with Crippen LogP contribution >= 0.6 is 0 Å². The van der Waals surface area contributed by atoms with Gasteiger partial charge in [-0.2, -0.15) is 0 Å². The summed E-state index contributed by atoms with van der Waals surface area (Å²) in [4.78, 5) is 0. The quantitative estimate of drug-likeness (QED) is 0.883. The van der Waals surface area contributed by atoms with E-state index in [-0.39, 0.29) is 6.04 Å². The first-order chi connectivity index (χ1) is 8.16. The summed E-state index contributed by atoms with van der Waals surface area (Å²) in [6.07, 6.45) is 2.67. The van der Waals surface area contributed by atoms with Gasteiger partial charge >= 0.3 is 0 Å². The number of ether oxygens (including phenoxy) is 1. The molecule has 0 aliphatic carbocycles. The SMILES string of the molecule is NC(CC1CCOCC1)c1ccc(F)cc1F. The lowest BCUT2D eigenvalue weighted by Crippen LogP contribution is -2.22. The van der Waals surface area contributed by atoms with Gasteiger partial charge in [-0.3, -0.25) is 0 Å². The van der Waals surface area contributed by atoms with Crippen molar-refractivity contribution in [1.82, 2.24) is 0 Å². The molecule has 1 aliphatic rings. The molecule has 17 heavy (non-hydrogen) atoms. The molecule has 1 aromatic carbocycles. The molecule has 1 aliphatic heterocycles. The summed E-state index contributed by atoms with van der Waals surface area (Å²) in [7, 11) is 0. The first-order valence-corrected chi connectivity index (χ1v) is 5.95. The van der Waals surface area contributed by atoms with E-state index in [1.54, 1.807) is 0 Å². The zero-order valence-electron chi connectivity index (χ0n) is 9.66. The summed E-state index contributed by atoms with van der Waals surface area (Å²) >= 11 is 0. The lowest BCUT2D eigenvalue weighted by atomic mass is 9.90. The monoisotopic (exact) mass is 241 g/mol. The Labute approximate surface area is 99.8 Å². The van der Waals surface area contributed by atoms with Gasteiger partial charge in [0, 0.05) is 30.9 Å². The maximum Gasteiger partial charge on any atom is 0.130 e. The minimum atomic E-state index is -0.565. The van der Waals surface area contributed by atoms with Crippen LogP contribution in [0.2, 0.25) is 0 Å². The minimum absolute atomic E-state index is 0.362. The molecule has 1 unspecified atom stereocenters. The molecule has 0 radical (unpaired) electrons. The summed E-state index contributed by atoms with van der Waals surface area (Å²) in [5, 5.41) is 0. The highest BCUT2D eigenvalue weighted by Gasteiger charge is 2.20. The number of hydrogen-bond acceptors (Lipinski definition) is 2. The average molecular weight is 241 g/mol. The maximum absolute atomic E-state index is 13.5. The van der Waals surface area contributed by atoms with Gasteiger partial charge in [0.25, 0.3) is 0 Å². The number of halogens is 2. The van der Waals surface area contributed by atoms with Gasteiger partial charge in [0.2, 0.25) is 0 Å². The van der Waals surface area contributed by atoms with Crippen molar-refractivity contribution in [1.29, 1.82) is 0 Å². The van der Waals surface area contributed by atoms with Crippen LogP contribution in [0.15, 0.2) is 18.2 Å². The summed E-state index contributed by atoms with van der Waals surface area (Å²) in [5.41, 5.74) is 6.37. The predicted molar refractivity (Wildman–Crippen MR) is 61.4 cm³/mol. The summed E-state index contributed by atoms with van der Waals surface area (Å²) < 4.78 is 31.5. The number of nitrogens with two attached hydrogens (primary N) is 1. The molecule has 0 aromatic heterocycles. The van der Waals surface area contributed by atoms with Gasteiger partial charge in [-0.05, 0) is 31.2 Å². The van der Waals surface area contributed by atoms with Crippen LogP contribution in [0.5, 0.6) is 0 Å². The molecule has 4 heteroatoms. The maximum atomic E-state index is 13.5. The minimum Gasteiger partial charge on any atom is -0.381 e.